The van der Waals surface area contributed by atoms with Crippen LogP contribution < -0.4 is 5.32 Å². The Balaban J connectivity index is 2.31. The summed E-state index contributed by atoms with van der Waals surface area (Å²) in [5, 5.41) is 3.63. The van der Waals surface area contributed by atoms with Crippen LogP contribution in [0.15, 0.2) is 18.2 Å². The lowest BCUT2D eigenvalue weighted by atomic mass is 9.84. The van der Waals surface area contributed by atoms with Gasteiger partial charge in [-0.05, 0) is 36.0 Å². The first kappa shape index (κ1) is 13.6. The standard InChI is InChI=1S/C16H25NO/c1-11-6-7-13(16(3,4)5)8-14(11)15-10-18-9-12(2)17-15/h6-8,12,15,17H,9-10H2,1-5H3. The van der Waals surface area contributed by atoms with Crippen LogP contribution in [0.4, 0.5) is 0 Å². The number of hydrogen-bond acceptors (Lipinski definition) is 2. The van der Waals surface area contributed by atoms with Crippen molar-refractivity contribution >= 4 is 0 Å². The minimum Gasteiger partial charge on any atom is -0.378 e. The molecule has 1 N–H and O–H groups in total. The van der Waals surface area contributed by atoms with Crippen molar-refractivity contribution in [3.63, 3.8) is 0 Å². The van der Waals surface area contributed by atoms with Crippen molar-refractivity contribution in [3.8, 4) is 0 Å². The Morgan fingerprint density at radius 3 is 2.56 bits per heavy atom. The van der Waals surface area contributed by atoms with Crippen LogP contribution in [0.5, 0.6) is 0 Å². The molecule has 2 heteroatoms. The van der Waals surface area contributed by atoms with E-state index in [2.05, 4.69) is 58.1 Å². The van der Waals surface area contributed by atoms with Crippen LogP contribution >= 0.6 is 0 Å². The normalized spacial score (nSPS) is 25.2. The van der Waals surface area contributed by atoms with Gasteiger partial charge < -0.3 is 10.1 Å². The molecule has 1 heterocycles. The number of nitrogens with one attached hydrogen (secondary N) is 1. The van der Waals surface area contributed by atoms with Gasteiger partial charge in [-0.15, -0.1) is 0 Å². The monoisotopic (exact) mass is 247 g/mol. The molecule has 0 spiro atoms. The predicted octanol–water partition coefficient (Wildman–Crippen LogP) is 3.34. The Morgan fingerprint density at radius 2 is 1.94 bits per heavy atom. The van der Waals surface area contributed by atoms with E-state index in [0.717, 1.165) is 13.2 Å². The van der Waals surface area contributed by atoms with Gasteiger partial charge in [0.15, 0.2) is 0 Å². The van der Waals surface area contributed by atoms with Crippen molar-refractivity contribution in [1.29, 1.82) is 0 Å². The predicted molar refractivity (Wildman–Crippen MR) is 76.0 cm³/mol. The third kappa shape index (κ3) is 2.93. The fourth-order valence-electron chi connectivity index (χ4n) is 2.46. The summed E-state index contributed by atoms with van der Waals surface area (Å²) >= 11 is 0. The second kappa shape index (κ2) is 5.02. The molecule has 1 aliphatic rings. The highest BCUT2D eigenvalue weighted by molar-refractivity contribution is 5.36. The number of ether oxygens (including phenoxy) is 1. The van der Waals surface area contributed by atoms with Gasteiger partial charge in [0.2, 0.25) is 0 Å². The van der Waals surface area contributed by atoms with Crippen LogP contribution in [0.3, 0.4) is 0 Å². The summed E-state index contributed by atoms with van der Waals surface area (Å²) in [6.45, 7) is 12.7. The van der Waals surface area contributed by atoms with Crippen LogP contribution in [-0.2, 0) is 10.2 Å². The quantitative estimate of drug-likeness (QED) is 0.822. The number of hydrogen-bond donors (Lipinski definition) is 1. The SMILES string of the molecule is Cc1ccc(C(C)(C)C)cc1C1COCC(C)N1. The van der Waals surface area contributed by atoms with E-state index in [1.54, 1.807) is 0 Å². The first-order valence-corrected chi connectivity index (χ1v) is 6.83. The van der Waals surface area contributed by atoms with E-state index in [9.17, 15) is 0 Å². The lowest BCUT2D eigenvalue weighted by molar-refractivity contribution is 0.0502. The van der Waals surface area contributed by atoms with Gasteiger partial charge in [-0.1, -0.05) is 39.0 Å². The van der Waals surface area contributed by atoms with E-state index in [4.69, 9.17) is 4.74 Å². The zero-order valence-corrected chi connectivity index (χ0v) is 12.2. The summed E-state index contributed by atoms with van der Waals surface area (Å²) < 4.78 is 5.67. The number of rotatable bonds is 1. The Labute approximate surface area is 111 Å². The molecule has 0 radical (unpaired) electrons. The molecule has 2 unspecified atom stereocenters. The zero-order chi connectivity index (χ0) is 13.3. The maximum atomic E-state index is 5.67. The molecule has 0 amide bonds. The van der Waals surface area contributed by atoms with Gasteiger partial charge in [0.25, 0.3) is 0 Å². The highest BCUT2D eigenvalue weighted by atomic mass is 16.5. The Bertz CT molecular complexity index is 420. The molecule has 1 aromatic rings. The highest BCUT2D eigenvalue weighted by Gasteiger charge is 2.23. The fraction of sp³-hybridized carbons (Fsp3) is 0.625. The van der Waals surface area contributed by atoms with Gasteiger partial charge in [-0.25, -0.2) is 0 Å². The maximum absolute atomic E-state index is 5.67. The van der Waals surface area contributed by atoms with Crippen molar-refractivity contribution in [2.75, 3.05) is 13.2 Å². The van der Waals surface area contributed by atoms with Crippen LogP contribution in [0, 0.1) is 6.92 Å². The lowest BCUT2D eigenvalue weighted by Gasteiger charge is -2.31. The van der Waals surface area contributed by atoms with Crippen LogP contribution in [0.2, 0.25) is 0 Å². The Kier molecular flexibility index (Phi) is 3.79. The highest BCUT2D eigenvalue weighted by Crippen LogP contribution is 2.28. The van der Waals surface area contributed by atoms with E-state index in [0.29, 0.717) is 12.1 Å². The third-order valence-corrected chi connectivity index (χ3v) is 3.66. The first-order chi connectivity index (χ1) is 8.38. The van der Waals surface area contributed by atoms with Crippen LogP contribution in [0.25, 0.3) is 0 Å². The molecule has 1 aliphatic heterocycles. The van der Waals surface area contributed by atoms with Crippen molar-refractivity contribution in [2.24, 2.45) is 0 Å². The molecule has 1 saturated heterocycles. The summed E-state index contributed by atoms with van der Waals surface area (Å²) in [7, 11) is 0. The first-order valence-electron chi connectivity index (χ1n) is 6.83. The van der Waals surface area contributed by atoms with Gasteiger partial charge in [-0.3, -0.25) is 0 Å². The average Bonchev–Trinajstić information content (AvgIpc) is 2.28. The zero-order valence-electron chi connectivity index (χ0n) is 12.2. The second-order valence-corrected chi connectivity index (χ2v) is 6.48. The van der Waals surface area contributed by atoms with Crippen molar-refractivity contribution in [2.45, 2.75) is 52.1 Å². The summed E-state index contributed by atoms with van der Waals surface area (Å²) in [6, 6.07) is 7.58. The Morgan fingerprint density at radius 1 is 1.22 bits per heavy atom. The van der Waals surface area contributed by atoms with Gasteiger partial charge in [-0.2, -0.15) is 0 Å². The largest absolute Gasteiger partial charge is 0.378 e. The Hall–Kier alpha value is -0.860. The molecule has 0 bridgehead atoms. The summed E-state index contributed by atoms with van der Waals surface area (Å²) in [6.07, 6.45) is 0. The number of benzene rings is 1. The summed E-state index contributed by atoms with van der Waals surface area (Å²) in [5.74, 6) is 0. The van der Waals surface area contributed by atoms with Gasteiger partial charge in [0.1, 0.15) is 0 Å². The molecular weight excluding hydrogens is 222 g/mol. The van der Waals surface area contributed by atoms with Gasteiger partial charge >= 0.3 is 0 Å². The molecule has 0 saturated carbocycles. The summed E-state index contributed by atoms with van der Waals surface area (Å²) in [5.41, 5.74) is 4.32. The van der Waals surface area contributed by atoms with Crippen LogP contribution in [-0.4, -0.2) is 19.3 Å². The van der Waals surface area contributed by atoms with Crippen molar-refractivity contribution in [3.05, 3.63) is 34.9 Å². The molecule has 1 aromatic carbocycles. The molecule has 0 aromatic heterocycles. The van der Waals surface area contributed by atoms with Gasteiger partial charge in [0.05, 0.1) is 19.3 Å². The van der Waals surface area contributed by atoms with E-state index in [-0.39, 0.29) is 5.41 Å². The third-order valence-electron chi connectivity index (χ3n) is 3.66. The topological polar surface area (TPSA) is 21.3 Å². The molecule has 18 heavy (non-hydrogen) atoms. The minimum absolute atomic E-state index is 0.198. The summed E-state index contributed by atoms with van der Waals surface area (Å²) in [4.78, 5) is 0. The molecule has 100 valence electrons. The maximum Gasteiger partial charge on any atom is 0.0662 e. The van der Waals surface area contributed by atoms with Crippen LogP contribution in [0.1, 0.15) is 50.4 Å². The molecule has 2 rings (SSSR count). The molecular formula is C16H25NO. The number of aryl methyl sites for hydroxylation is 1. The van der Waals surface area contributed by atoms with Crippen molar-refractivity contribution < 1.29 is 4.74 Å². The smallest absolute Gasteiger partial charge is 0.0662 e. The molecule has 1 fully saturated rings. The van der Waals surface area contributed by atoms with E-state index in [1.807, 2.05) is 0 Å². The van der Waals surface area contributed by atoms with E-state index < -0.39 is 0 Å². The van der Waals surface area contributed by atoms with Gasteiger partial charge in [0, 0.05) is 6.04 Å². The lowest BCUT2D eigenvalue weighted by Crippen LogP contribution is -2.42. The molecule has 2 atom stereocenters. The average molecular weight is 247 g/mol. The second-order valence-electron chi connectivity index (χ2n) is 6.48. The molecule has 0 aliphatic carbocycles. The van der Waals surface area contributed by atoms with E-state index >= 15 is 0 Å². The van der Waals surface area contributed by atoms with Crippen molar-refractivity contribution in [1.82, 2.24) is 5.32 Å². The molecule has 2 nitrogen and oxygen atoms in total. The van der Waals surface area contributed by atoms with E-state index in [1.165, 1.54) is 16.7 Å². The fourth-order valence-corrected chi connectivity index (χ4v) is 2.46. The number of morpholine rings is 1. The minimum atomic E-state index is 0.198.